The zero-order valence-electron chi connectivity index (χ0n) is 15.8. The number of nitrogen functional groups attached to an aromatic ring is 1. The van der Waals surface area contributed by atoms with E-state index in [9.17, 15) is 22.9 Å². The maximum atomic E-state index is 15.0. The van der Waals surface area contributed by atoms with E-state index in [0.717, 1.165) is 12.3 Å². The van der Waals surface area contributed by atoms with E-state index in [0.29, 0.717) is 4.57 Å². The summed E-state index contributed by atoms with van der Waals surface area (Å²) in [7, 11) is -4.29. The SMILES string of the molecule is CC(C)OC(=O)[C@H](C)NP1(=O)OC[C@H]2O[C@@H](n3ccc(N)nc3=O)C(F)(F)[C@@H]2O1. The molecule has 162 valence electrons. The Bertz CT molecular complexity index is 896. The number of hydrogen-bond donors (Lipinski definition) is 2. The predicted molar refractivity (Wildman–Crippen MR) is 94.0 cm³/mol. The monoisotopic (exact) mass is 438 g/mol. The average molecular weight is 438 g/mol. The molecule has 1 aromatic rings. The molecule has 2 saturated heterocycles. The van der Waals surface area contributed by atoms with Crippen molar-refractivity contribution < 1.29 is 36.7 Å². The molecule has 0 saturated carbocycles. The first kappa shape index (κ1) is 21.8. The van der Waals surface area contributed by atoms with Crippen molar-refractivity contribution in [3.8, 4) is 0 Å². The van der Waals surface area contributed by atoms with Gasteiger partial charge in [0.15, 0.2) is 6.10 Å². The molecule has 2 fully saturated rings. The van der Waals surface area contributed by atoms with Crippen LogP contribution in [0.1, 0.15) is 27.0 Å². The van der Waals surface area contributed by atoms with Gasteiger partial charge < -0.3 is 15.2 Å². The van der Waals surface area contributed by atoms with E-state index < -0.39 is 62.5 Å². The molecule has 1 aromatic heterocycles. The summed E-state index contributed by atoms with van der Waals surface area (Å²) in [5.41, 5.74) is 4.33. The Morgan fingerprint density at radius 2 is 2.17 bits per heavy atom. The molecule has 14 heteroatoms. The predicted octanol–water partition coefficient (Wildman–Crippen LogP) is 0.811. The van der Waals surface area contributed by atoms with E-state index in [1.165, 1.54) is 6.92 Å². The highest BCUT2D eigenvalue weighted by Crippen LogP contribution is 2.57. The standard InChI is InChI=1S/C15H21F2N4O7P/c1-7(2)26-12(22)8(3)20-29(24)25-6-9-11(28-29)15(16,17)13(27-9)21-5-4-10(18)19-14(21)23/h4-5,7-9,11,13H,6H2,1-3H3,(H,20,24)(H2,18,19,23)/t8-,9+,11+,13+,29?/m0/s1. The van der Waals surface area contributed by atoms with Crippen molar-refractivity contribution in [3.63, 3.8) is 0 Å². The summed E-state index contributed by atoms with van der Waals surface area (Å²) >= 11 is 0. The Labute approximate surface area is 164 Å². The molecule has 2 aliphatic heterocycles. The quantitative estimate of drug-likeness (QED) is 0.501. The second-order valence-corrected chi connectivity index (χ2v) is 8.62. The van der Waals surface area contributed by atoms with Gasteiger partial charge in [0.2, 0.25) is 6.23 Å². The van der Waals surface area contributed by atoms with Crippen LogP contribution in [-0.4, -0.2) is 52.4 Å². The maximum Gasteiger partial charge on any atom is 0.406 e. The minimum Gasteiger partial charge on any atom is -0.462 e. The van der Waals surface area contributed by atoms with E-state index in [1.54, 1.807) is 13.8 Å². The topological polar surface area (TPSA) is 144 Å². The van der Waals surface area contributed by atoms with Gasteiger partial charge in [-0.15, -0.1) is 0 Å². The van der Waals surface area contributed by atoms with Crippen molar-refractivity contribution in [2.75, 3.05) is 12.3 Å². The smallest absolute Gasteiger partial charge is 0.406 e. The third-order valence-corrected chi connectivity index (χ3v) is 5.87. The van der Waals surface area contributed by atoms with E-state index >= 15 is 0 Å². The molecule has 1 unspecified atom stereocenters. The third-order valence-electron chi connectivity index (χ3n) is 4.17. The molecule has 29 heavy (non-hydrogen) atoms. The Morgan fingerprint density at radius 1 is 1.48 bits per heavy atom. The highest BCUT2D eigenvalue weighted by atomic mass is 31.2. The van der Waals surface area contributed by atoms with Crippen LogP contribution in [-0.2, 0) is 27.9 Å². The number of halogens is 2. The van der Waals surface area contributed by atoms with Crippen LogP contribution in [0.15, 0.2) is 17.1 Å². The summed E-state index contributed by atoms with van der Waals surface area (Å²) in [5.74, 6) is -4.65. The van der Waals surface area contributed by atoms with Crippen molar-refractivity contribution >= 4 is 19.5 Å². The molecule has 0 aromatic carbocycles. The first-order valence-corrected chi connectivity index (χ1v) is 10.3. The van der Waals surface area contributed by atoms with Crippen molar-refractivity contribution in [2.45, 2.75) is 57.3 Å². The van der Waals surface area contributed by atoms with Crippen LogP contribution in [0.5, 0.6) is 0 Å². The molecule has 2 aliphatic rings. The molecule has 3 rings (SSSR count). The molecule has 0 amide bonds. The first-order chi connectivity index (χ1) is 13.4. The van der Waals surface area contributed by atoms with E-state index in [1.807, 2.05) is 0 Å². The summed E-state index contributed by atoms with van der Waals surface area (Å²) in [6.07, 6.45) is -4.76. The zero-order chi connectivity index (χ0) is 21.6. The van der Waals surface area contributed by atoms with E-state index in [4.69, 9.17) is 24.3 Å². The van der Waals surface area contributed by atoms with Crippen molar-refractivity contribution in [1.82, 2.24) is 14.6 Å². The molecule has 0 aliphatic carbocycles. The number of rotatable bonds is 5. The number of carbonyl (C=O) groups excluding carboxylic acids is 1. The number of nitrogens with zero attached hydrogens (tertiary/aromatic N) is 2. The fourth-order valence-electron chi connectivity index (χ4n) is 2.88. The summed E-state index contributed by atoms with van der Waals surface area (Å²) in [6.45, 7) is 4.06. The Balaban J connectivity index is 1.78. The Kier molecular flexibility index (Phi) is 5.80. The van der Waals surface area contributed by atoms with E-state index in [-0.39, 0.29) is 5.82 Å². The highest BCUT2D eigenvalue weighted by Gasteiger charge is 2.65. The van der Waals surface area contributed by atoms with Crippen LogP contribution in [0.2, 0.25) is 0 Å². The second kappa shape index (κ2) is 7.73. The van der Waals surface area contributed by atoms with Crippen molar-refractivity contribution in [2.24, 2.45) is 0 Å². The number of carbonyl (C=O) groups is 1. The lowest BCUT2D eigenvalue weighted by atomic mass is 10.1. The molecule has 3 N–H and O–H groups in total. The molecular weight excluding hydrogens is 417 g/mol. The first-order valence-electron chi connectivity index (χ1n) is 8.72. The number of hydrogen-bond acceptors (Lipinski definition) is 9. The van der Waals surface area contributed by atoms with Crippen LogP contribution >= 0.6 is 7.75 Å². The minimum atomic E-state index is -4.29. The molecule has 0 spiro atoms. The minimum absolute atomic E-state index is 0.138. The number of nitrogens with one attached hydrogen (secondary N) is 1. The van der Waals surface area contributed by atoms with Gasteiger partial charge in [-0.2, -0.15) is 13.8 Å². The lowest BCUT2D eigenvalue weighted by Crippen LogP contribution is -2.47. The lowest BCUT2D eigenvalue weighted by Gasteiger charge is -2.33. The number of anilines is 1. The van der Waals surface area contributed by atoms with E-state index in [2.05, 4.69) is 10.1 Å². The van der Waals surface area contributed by atoms with Gasteiger partial charge in [0, 0.05) is 6.20 Å². The summed E-state index contributed by atoms with van der Waals surface area (Å²) < 4.78 is 63.5. The van der Waals surface area contributed by atoms with Gasteiger partial charge in [-0.05, 0) is 26.8 Å². The van der Waals surface area contributed by atoms with Crippen molar-refractivity contribution in [1.29, 1.82) is 0 Å². The van der Waals surface area contributed by atoms with Crippen LogP contribution in [0.25, 0.3) is 0 Å². The van der Waals surface area contributed by atoms with Gasteiger partial charge in [0.05, 0.1) is 12.7 Å². The Morgan fingerprint density at radius 3 is 2.79 bits per heavy atom. The van der Waals surface area contributed by atoms with Gasteiger partial charge in [0.25, 0.3) is 0 Å². The number of nitrogens with two attached hydrogens (primary N) is 1. The average Bonchev–Trinajstić information content (AvgIpc) is 2.85. The van der Waals surface area contributed by atoms with Gasteiger partial charge in [0.1, 0.15) is 18.0 Å². The van der Waals surface area contributed by atoms with Gasteiger partial charge in [-0.3, -0.25) is 18.4 Å². The summed E-state index contributed by atoms with van der Waals surface area (Å²) in [5, 5.41) is 2.27. The number of fused-ring (bicyclic) bond motifs is 1. The second-order valence-electron chi connectivity index (χ2n) is 6.90. The Hall–Kier alpha value is -1.92. The van der Waals surface area contributed by atoms with Gasteiger partial charge >= 0.3 is 25.3 Å². The maximum absolute atomic E-state index is 15.0. The summed E-state index contributed by atoms with van der Waals surface area (Å²) in [6, 6.07) is 0.0182. The number of aromatic nitrogens is 2. The third kappa shape index (κ3) is 4.33. The highest BCUT2D eigenvalue weighted by molar-refractivity contribution is 7.51. The molecule has 0 radical (unpaired) electrons. The van der Waals surface area contributed by atoms with Crippen LogP contribution < -0.4 is 16.5 Å². The van der Waals surface area contributed by atoms with Crippen LogP contribution in [0, 0.1) is 0 Å². The fraction of sp³-hybridized carbons (Fsp3) is 0.667. The largest absolute Gasteiger partial charge is 0.462 e. The van der Waals surface area contributed by atoms with Crippen molar-refractivity contribution in [3.05, 3.63) is 22.7 Å². The van der Waals surface area contributed by atoms with Crippen LogP contribution in [0.3, 0.4) is 0 Å². The normalized spacial score (nSPS) is 32.0. The number of ether oxygens (including phenoxy) is 2. The molecule has 11 nitrogen and oxygen atoms in total. The zero-order valence-corrected chi connectivity index (χ0v) is 16.7. The lowest BCUT2D eigenvalue weighted by molar-refractivity contribution is -0.149. The van der Waals surface area contributed by atoms with Crippen LogP contribution in [0.4, 0.5) is 14.6 Å². The van der Waals surface area contributed by atoms with Gasteiger partial charge in [-0.1, -0.05) is 0 Å². The fourth-order valence-corrected chi connectivity index (χ4v) is 4.57. The molecule has 3 heterocycles. The molecular formula is C15H21F2N4O7P. The van der Waals surface area contributed by atoms with Gasteiger partial charge in [-0.25, -0.2) is 14.4 Å². The molecule has 0 bridgehead atoms. The molecule has 5 atom stereocenters. The summed E-state index contributed by atoms with van der Waals surface area (Å²) in [4.78, 5) is 27.2. The number of esters is 1. The number of alkyl halides is 2.